The van der Waals surface area contributed by atoms with E-state index in [9.17, 15) is 0 Å². The Labute approximate surface area is 100 Å². The maximum absolute atomic E-state index is 4.34. The van der Waals surface area contributed by atoms with E-state index in [0.29, 0.717) is 11.3 Å². The Bertz CT molecular complexity index is 288. The van der Waals surface area contributed by atoms with Crippen molar-refractivity contribution in [3.63, 3.8) is 0 Å². The maximum Gasteiger partial charge on any atom is 0.170 e. The minimum Gasteiger partial charge on any atom is -0.313 e. The van der Waals surface area contributed by atoms with Crippen LogP contribution in [0.2, 0.25) is 0 Å². The van der Waals surface area contributed by atoms with E-state index in [0.717, 1.165) is 16.7 Å². The molecule has 0 saturated heterocycles. The summed E-state index contributed by atoms with van der Waals surface area (Å²) < 4.78 is 5.25. The summed E-state index contributed by atoms with van der Waals surface area (Å²) in [4.78, 5) is 4.34. The molecule has 0 bridgehead atoms. The van der Waals surface area contributed by atoms with Crippen LogP contribution in [0, 0.1) is 6.92 Å². The summed E-state index contributed by atoms with van der Waals surface area (Å²) in [5.74, 6) is 0.879. The number of aromatic nitrogens is 2. The summed E-state index contributed by atoms with van der Waals surface area (Å²) in [6.45, 7) is 9.59. The van der Waals surface area contributed by atoms with E-state index in [1.807, 2.05) is 6.92 Å². The van der Waals surface area contributed by atoms with Crippen LogP contribution in [0.25, 0.3) is 0 Å². The number of rotatable bonds is 6. The fourth-order valence-corrected chi connectivity index (χ4v) is 2.96. The lowest BCUT2D eigenvalue weighted by atomic mass is 10.2. The minimum absolute atomic E-state index is 0.548. The van der Waals surface area contributed by atoms with Crippen LogP contribution in [-0.4, -0.2) is 27.2 Å². The summed E-state index contributed by atoms with van der Waals surface area (Å²) in [5.41, 5.74) is 0. The second kappa shape index (κ2) is 6.45. The van der Waals surface area contributed by atoms with E-state index in [1.165, 1.54) is 18.0 Å². The molecule has 3 nitrogen and oxygen atoms in total. The molecule has 86 valence electrons. The highest BCUT2D eigenvalue weighted by Crippen LogP contribution is 2.24. The van der Waals surface area contributed by atoms with Gasteiger partial charge >= 0.3 is 0 Å². The molecule has 0 aliphatic carbocycles. The predicted octanol–water partition coefficient (Wildman–Crippen LogP) is 2.72. The smallest absolute Gasteiger partial charge is 0.170 e. The number of nitrogens with one attached hydrogen (secondary N) is 1. The monoisotopic (exact) mass is 245 g/mol. The van der Waals surface area contributed by atoms with Gasteiger partial charge in [-0.05, 0) is 31.8 Å². The van der Waals surface area contributed by atoms with E-state index in [-0.39, 0.29) is 0 Å². The summed E-state index contributed by atoms with van der Waals surface area (Å²) in [7, 11) is 0. The van der Waals surface area contributed by atoms with Gasteiger partial charge in [0.15, 0.2) is 4.34 Å². The molecule has 15 heavy (non-hydrogen) atoms. The molecule has 2 atom stereocenters. The molecule has 0 saturated carbocycles. The van der Waals surface area contributed by atoms with Crippen molar-refractivity contribution in [2.45, 2.75) is 49.7 Å². The third kappa shape index (κ3) is 4.95. The molecule has 5 heteroatoms. The Balaban J connectivity index is 2.27. The van der Waals surface area contributed by atoms with Crippen molar-refractivity contribution in [3.05, 3.63) is 5.82 Å². The molecule has 1 rings (SSSR count). The Morgan fingerprint density at radius 3 is 2.73 bits per heavy atom. The van der Waals surface area contributed by atoms with Crippen LogP contribution >= 0.6 is 23.3 Å². The molecule has 0 fully saturated rings. The van der Waals surface area contributed by atoms with Gasteiger partial charge in [-0.15, -0.1) is 0 Å². The third-order valence-corrected chi connectivity index (χ3v) is 4.15. The fraction of sp³-hybridized carbons (Fsp3) is 0.800. The van der Waals surface area contributed by atoms with Crippen LogP contribution in [0.1, 0.15) is 33.0 Å². The maximum atomic E-state index is 4.34. The largest absolute Gasteiger partial charge is 0.313 e. The second-order valence-corrected chi connectivity index (χ2v) is 6.19. The summed E-state index contributed by atoms with van der Waals surface area (Å²) in [5, 5.41) is 4.04. The van der Waals surface area contributed by atoms with Gasteiger partial charge in [-0.3, -0.25) is 0 Å². The van der Waals surface area contributed by atoms with E-state index >= 15 is 0 Å². The highest BCUT2D eigenvalue weighted by atomic mass is 32.2. The number of thioether (sulfide) groups is 1. The standard InChI is InChI=1S/C10H19N3S2/c1-5-7(2)11-6-8(3)14-10-12-9(4)13-15-10/h7-8,11H,5-6H2,1-4H3. The Morgan fingerprint density at radius 1 is 1.47 bits per heavy atom. The zero-order valence-corrected chi connectivity index (χ0v) is 11.4. The summed E-state index contributed by atoms with van der Waals surface area (Å²) in [6, 6.07) is 0.601. The average molecular weight is 245 g/mol. The van der Waals surface area contributed by atoms with Crippen molar-refractivity contribution in [1.82, 2.24) is 14.7 Å². The second-order valence-electron chi connectivity index (χ2n) is 3.75. The Hall–Kier alpha value is -0.130. The lowest BCUT2D eigenvalue weighted by Gasteiger charge is -2.14. The molecule has 1 aromatic rings. The lowest BCUT2D eigenvalue weighted by Crippen LogP contribution is -2.30. The molecular formula is C10H19N3S2. The minimum atomic E-state index is 0.548. The van der Waals surface area contributed by atoms with Gasteiger partial charge in [0.25, 0.3) is 0 Å². The predicted molar refractivity (Wildman–Crippen MR) is 67.7 cm³/mol. The van der Waals surface area contributed by atoms with Gasteiger partial charge in [-0.1, -0.05) is 25.6 Å². The molecule has 0 spiro atoms. The zero-order chi connectivity index (χ0) is 11.3. The van der Waals surface area contributed by atoms with E-state index < -0.39 is 0 Å². The van der Waals surface area contributed by atoms with Crippen LogP contribution < -0.4 is 5.32 Å². The molecule has 0 radical (unpaired) electrons. The van der Waals surface area contributed by atoms with Crippen LogP contribution in [-0.2, 0) is 0 Å². The number of hydrogen-bond donors (Lipinski definition) is 1. The quantitative estimate of drug-likeness (QED) is 0.782. The summed E-state index contributed by atoms with van der Waals surface area (Å²) >= 11 is 3.29. The average Bonchev–Trinajstić information content (AvgIpc) is 2.60. The van der Waals surface area contributed by atoms with Gasteiger partial charge in [0.1, 0.15) is 5.82 Å². The molecule has 1 heterocycles. The fourth-order valence-electron chi connectivity index (χ4n) is 1.05. The molecule has 0 aliphatic rings. The van der Waals surface area contributed by atoms with Gasteiger partial charge in [0.2, 0.25) is 0 Å². The van der Waals surface area contributed by atoms with E-state index in [2.05, 4.69) is 35.4 Å². The lowest BCUT2D eigenvalue weighted by molar-refractivity contribution is 0.537. The first-order valence-electron chi connectivity index (χ1n) is 5.32. The van der Waals surface area contributed by atoms with Gasteiger partial charge < -0.3 is 5.32 Å². The van der Waals surface area contributed by atoms with Crippen molar-refractivity contribution >= 4 is 23.3 Å². The number of aryl methyl sites for hydroxylation is 1. The van der Waals surface area contributed by atoms with Gasteiger partial charge in [0, 0.05) is 17.8 Å². The van der Waals surface area contributed by atoms with E-state index in [4.69, 9.17) is 0 Å². The van der Waals surface area contributed by atoms with Gasteiger partial charge in [0.05, 0.1) is 0 Å². The van der Waals surface area contributed by atoms with Crippen LogP contribution in [0.4, 0.5) is 0 Å². The van der Waals surface area contributed by atoms with Crippen LogP contribution in [0.15, 0.2) is 4.34 Å². The normalized spacial score (nSPS) is 15.2. The molecular weight excluding hydrogens is 226 g/mol. The number of hydrogen-bond acceptors (Lipinski definition) is 5. The van der Waals surface area contributed by atoms with Crippen LogP contribution in [0.3, 0.4) is 0 Å². The third-order valence-electron chi connectivity index (χ3n) is 2.18. The first-order chi connectivity index (χ1) is 7.11. The molecule has 0 aliphatic heterocycles. The molecule has 1 N–H and O–H groups in total. The van der Waals surface area contributed by atoms with Crippen LogP contribution in [0.5, 0.6) is 0 Å². The highest BCUT2D eigenvalue weighted by Gasteiger charge is 2.09. The van der Waals surface area contributed by atoms with Gasteiger partial charge in [-0.2, -0.15) is 4.37 Å². The first-order valence-corrected chi connectivity index (χ1v) is 6.97. The highest BCUT2D eigenvalue weighted by molar-refractivity contribution is 8.01. The summed E-state index contributed by atoms with van der Waals surface area (Å²) in [6.07, 6.45) is 1.18. The van der Waals surface area contributed by atoms with Crippen molar-refractivity contribution < 1.29 is 0 Å². The topological polar surface area (TPSA) is 37.8 Å². The number of nitrogens with zero attached hydrogens (tertiary/aromatic N) is 2. The van der Waals surface area contributed by atoms with Crippen molar-refractivity contribution in [1.29, 1.82) is 0 Å². The molecule has 0 aromatic carbocycles. The Kier molecular flexibility index (Phi) is 5.56. The van der Waals surface area contributed by atoms with E-state index in [1.54, 1.807) is 11.8 Å². The molecule has 1 aromatic heterocycles. The first kappa shape index (κ1) is 12.9. The SMILES string of the molecule is CCC(C)NCC(C)Sc1nc(C)ns1. The van der Waals surface area contributed by atoms with Gasteiger partial charge in [-0.25, -0.2) is 4.98 Å². The molecule has 0 amide bonds. The van der Waals surface area contributed by atoms with Crippen molar-refractivity contribution in [2.75, 3.05) is 6.54 Å². The Morgan fingerprint density at radius 2 is 2.20 bits per heavy atom. The zero-order valence-electron chi connectivity index (χ0n) is 9.78. The molecule has 2 unspecified atom stereocenters. The van der Waals surface area contributed by atoms with Crippen molar-refractivity contribution in [2.24, 2.45) is 0 Å². The van der Waals surface area contributed by atoms with Crippen molar-refractivity contribution in [3.8, 4) is 0 Å².